The van der Waals surface area contributed by atoms with E-state index in [4.69, 9.17) is 0 Å². The van der Waals surface area contributed by atoms with Crippen molar-refractivity contribution >= 4 is 27.5 Å². The Labute approximate surface area is 129 Å². The van der Waals surface area contributed by atoms with Crippen LogP contribution in [0.1, 0.15) is 15.9 Å². The molecule has 0 aliphatic rings. The molecule has 0 bridgehead atoms. The second-order valence-electron chi connectivity index (χ2n) is 4.96. The highest BCUT2D eigenvalue weighted by Crippen LogP contribution is 2.21. The number of fused-ring (bicyclic) bond motifs is 1. The van der Waals surface area contributed by atoms with Gasteiger partial charge in [-0.3, -0.25) is 4.79 Å². The summed E-state index contributed by atoms with van der Waals surface area (Å²) < 4.78 is 29.0. The lowest BCUT2D eigenvalue weighted by atomic mass is 10.1. The molecule has 1 amide bonds. The fraction of sp³-hybridized carbons (Fsp3) is 0.125. The predicted octanol–water partition coefficient (Wildman–Crippen LogP) is 3.57. The molecule has 22 heavy (non-hydrogen) atoms. The summed E-state index contributed by atoms with van der Waals surface area (Å²) >= 11 is 1.07. The molecule has 0 unspecified atom stereocenters. The highest BCUT2D eigenvalue weighted by atomic mass is 32.1. The number of amides is 1. The highest BCUT2D eigenvalue weighted by Gasteiger charge is 2.12. The first-order chi connectivity index (χ1) is 10.5. The van der Waals surface area contributed by atoms with Crippen molar-refractivity contribution in [3.63, 3.8) is 0 Å². The molecular formula is C16H12F2N2OS. The number of aryl methyl sites for hydroxylation is 2. The van der Waals surface area contributed by atoms with Gasteiger partial charge in [0.2, 0.25) is 0 Å². The van der Waals surface area contributed by atoms with Crippen molar-refractivity contribution in [2.24, 2.45) is 12.0 Å². The Morgan fingerprint density at radius 2 is 2.00 bits per heavy atom. The van der Waals surface area contributed by atoms with Crippen LogP contribution in [0.3, 0.4) is 0 Å². The van der Waals surface area contributed by atoms with Crippen molar-refractivity contribution in [3.8, 4) is 0 Å². The number of carbonyl (C=O) groups excluding carboxylic acids is 1. The molecule has 3 nitrogen and oxygen atoms in total. The van der Waals surface area contributed by atoms with E-state index in [-0.39, 0.29) is 5.52 Å². The maximum atomic E-state index is 13.9. The number of benzene rings is 2. The van der Waals surface area contributed by atoms with Gasteiger partial charge in [0.25, 0.3) is 5.91 Å². The Balaban J connectivity index is 2.16. The quantitative estimate of drug-likeness (QED) is 0.675. The minimum atomic E-state index is -0.668. The summed E-state index contributed by atoms with van der Waals surface area (Å²) in [4.78, 5) is 16.6. The number of nitrogens with zero attached hydrogens (tertiary/aromatic N) is 2. The lowest BCUT2D eigenvalue weighted by Gasteiger charge is -1.98. The van der Waals surface area contributed by atoms with Crippen molar-refractivity contribution in [2.45, 2.75) is 6.92 Å². The molecule has 0 fully saturated rings. The van der Waals surface area contributed by atoms with E-state index < -0.39 is 17.5 Å². The Kier molecular flexibility index (Phi) is 3.62. The van der Waals surface area contributed by atoms with E-state index in [2.05, 4.69) is 4.99 Å². The van der Waals surface area contributed by atoms with Gasteiger partial charge in [-0.05, 0) is 25.1 Å². The van der Waals surface area contributed by atoms with Crippen LogP contribution in [-0.4, -0.2) is 10.5 Å². The van der Waals surface area contributed by atoms with Gasteiger partial charge in [-0.2, -0.15) is 4.99 Å². The average Bonchev–Trinajstić information content (AvgIpc) is 2.75. The Hall–Kier alpha value is -2.34. The minimum Gasteiger partial charge on any atom is -0.317 e. The molecule has 0 spiro atoms. The normalized spacial score (nSPS) is 12.1. The average molecular weight is 318 g/mol. The number of carbonyl (C=O) groups is 1. The highest BCUT2D eigenvalue weighted by molar-refractivity contribution is 7.16. The van der Waals surface area contributed by atoms with Crippen molar-refractivity contribution in [2.75, 3.05) is 0 Å². The largest absolute Gasteiger partial charge is 0.317 e. The Morgan fingerprint density at radius 3 is 2.73 bits per heavy atom. The van der Waals surface area contributed by atoms with Gasteiger partial charge in [0, 0.05) is 18.7 Å². The van der Waals surface area contributed by atoms with Crippen LogP contribution in [0.5, 0.6) is 0 Å². The van der Waals surface area contributed by atoms with E-state index >= 15 is 0 Å². The second-order valence-corrected chi connectivity index (χ2v) is 5.97. The zero-order chi connectivity index (χ0) is 15.9. The van der Waals surface area contributed by atoms with Gasteiger partial charge in [-0.1, -0.05) is 29.0 Å². The first-order valence-corrected chi connectivity index (χ1v) is 7.37. The van der Waals surface area contributed by atoms with Crippen LogP contribution >= 0.6 is 11.3 Å². The minimum absolute atomic E-state index is 0.238. The molecule has 3 rings (SSSR count). The fourth-order valence-electron chi connectivity index (χ4n) is 2.24. The lowest BCUT2D eigenvalue weighted by molar-refractivity contribution is 0.0998. The molecular weight excluding hydrogens is 306 g/mol. The zero-order valence-electron chi connectivity index (χ0n) is 11.9. The van der Waals surface area contributed by atoms with Crippen LogP contribution in [0.25, 0.3) is 10.2 Å². The van der Waals surface area contributed by atoms with Gasteiger partial charge in [0.15, 0.2) is 10.6 Å². The van der Waals surface area contributed by atoms with Gasteiger partial charge >= 0.3 is 0 Å². The summed E-state index contributed by atoms with van der Waals surface area (Å²) in [5.74, 6) is -1.73. The van der Waals surface area contributed by atoms with Crippen molar-refractivity contribution in [1.29, 1.82) is 0 Å². The van der Waals surface area contributed by atoms with Crippen LogP contribution in [-0.2, 0) is 7.05 Å². The van der Waals surface area contributed by atoms with Gasteiger partial charge in [-0.25, -0.2) is 8.78 Å². The lowest BCUT2D eigenvalue weighted by Crippen LogP contribution is -2.13. The number of hydrogen-bond donors (Lipinski definition) is 0. The maximum absolute atomic E-state index is 13.9. The third kappa shape index (κ3) is 2.57. The van der Waals surface area contributed by atoms with Crippen LogP contribution in [0.15, 0.2) is 41.4 Å². The van der Waals surface area contributed by atoms with Gasteiger partial charge in [0.05, 0.1) is 10.2 Å². The van der Waals surface area contributed by atoms with Crippen LogP contribution in [0.2, 0.25) is 0 Å². The first-order valence-electron chi connectivity index (χ1n) is 6.56. The number of rotatable bonds is 1. The molecule has 112 valence electrons. The number of halogens is 2. The van der Waals surface area contributed by atoms with Crippen molar-refractivity contribution < 1.29 is 13.6 Å². The van der Waals surface area contributed by atoms with Gasteiger partial charge < -0.3 is 4.57 Å². The third-order valence-corrected chi connectivity index (χ3v) is 4.36. The SMILES string of the molecule is Cc1cccc(C(=O)N=c2sc3cc(F)cc(F)c3n2C)c1. The van der Waals surface area contributed by atoms with Crippen LogP contribution in [0.4, 0.5) is 8.78 Å². The second kappa shape index (κ2) is 5.46. The molecule has 0 saturated heterocycles. The van der Waals surface area contributed by atoms with Crippen LogP contribution in [0, 0.1) is 18.6 Å². The topological polar surface area (TPSA) is 34.4 Å². The molecule has 3 aromatic rings. The monoisotopic (exact) mass is 318 g/mol. The van der Waals surface area contributed by atoms with Crippen molar-refractivity contribution in [1.82, 2.24) is 4.57 Å². The summed E-state index contributed by atoms with van der Waals surface area (Å²) in [5.41, 5.74) is 1.65. The molecule has 6 heteroatoms. The molecule has 0 aliphatic carbocycles. The van der Waals surface area contributed by atoms with Crippen LogP contribution < -0.4 is 4.80 Å². The van der Waals surface area contributed by atoms with E-state index in [0.717, 1.165) is 23.0 Å². The standard InChI is InChI=1S/C16H12F2N2OS/c1-9-4-3-5-10(6-9)15(21)19-16-20(2)14-12(18)7-11(17)8-13(14)22-16/h3-8H,1-2H3. The molecule has 2 aromatic carbocycles. The summed E-state index contributed by atoms with van der Waals surface area (Å²) in [6.45, 7) is 1.88. The molecule has 1 aromatic heterocycles. The molecule has 1 heterocycles. The Morgan fingerprint density at radius 1 is 1.23 bits per heavy atom. The fourth-order valence-corrected chi connectivity index (χ4v) is 3.29. The summed E-state index contributed by atoms with van der Waals surface area (Å²) in [6, 6.07) is 9.12. The predicted molar refractivity (Wildman–Crippen MR) is 81.8 cm³/mol. The summed E-state index contributed by atoms with van der Waals surface area (Å²) in [5, 5.41) is 0. The van der Waals surface area contributed by atoms with E-state index in [1.54, 1.807) is 25.2 Å². The zero-order valence-corrected chi connectivity index (χ0v) is 12.7. The molecule has 0 aliphatic heterocycles. The number of hydrogen-bond acceptors (Lipinski definition) is 2. The molecule has 0 N–H and O–H groups in total. The van der Waals surface area contributed by atoms with E-state index in [1.165, 1.54) is 10.6 Å². The van der Waals surface area contributed by atoms with E-state index in [9.17, 15) is 13.6 Å². The summed E-state index contributed by atoms with van der Waals surface area (Å²) in [7, 11) is 1.60. The smallest absolute Gasteiger partial charge is 0.279 e. The molecule has 0 radical (unpaired) electrons. The van der Waals surface area contributed by atoms with E-state index in [0.29, 0.717) is 15.1 Å². The Bertz CT molecular complexity index is 956. The third-order valence-electron chi connectivity index (χ3n) is 3.28. The van der Waals surface area contributed by atoms with Gasteiger partial charge in [-0.15, -0.1) is 0 Å². The first kappa shape index (κ1) is 14.6. The number of thiazole rings is 1. The maximum Gasteiger partial charge on any atom is 0.279 e. The van der Waals surface area contributed by atoms with Crippen molar-refractivity contribution in [3.05, 3.63) is 64.0 Å². The molecule has 0 saturated carbocycles. The van der Waals surface area contributed by atoms with Gasteiger partial charge in [0.1, 0.15) is 5.82 Å². The summed E-state index contributed by atoms with van der Waals surface area (Å²) in [6.07, 6.45) is 0. The number of aromatic nitrogens is 1. The molecule has 0 atom stereocenters. The van der Waals surface area contributed by atoms with E-state index in [1.807, 2.05) is 13.0 Å².